The molecule has 0 radical (unpaired) electrons. The molecule has 1 N–H and O–H groups in total. The van der Waals surface area contributed by atoms with Crippen LogP contribution in [-0.4, -0.2) is 44.7 Å². The van der Waals surface area contributed by atoms with Crippen LogP contribution in [0, 0.1) is 0 Å². The molecule has 2 aliphatic heterocycles. The summed E-state index contributed by atoms with van der Waals surface area (Å²) in [4.78, 5) is 19.2. The molecule has 0 spiro atoms. The summed E-state index contributed by atoms with van der Waals surface area (Å²) >= 11 is 0. The number of anilines is 3. The second-order valence-corrected chi connectivity index (χ2v) is 9.21. The van der Waals surface area contributed by atoms with Gasteiger partial charge < -0.3 is 10.2 Å². The molecule has 8 heteroatoms. The standard InChI is InChI=1S/C20H24N4O3S/c25-20(16-5-8-18(9-6-16)24-13-4-14-28(24,26)27)22-17-7-10-19(21-15-17)23-11-2-1-3-12-23/h5-10,15H,1-4,11-14H2,(H,22,25). The Balaban J connectivity index is 1.40. The molecule has 0 atom stereocenters. The molecule has 1 aromatic heterocycles. The summed E-state index contributed by atoms with van der Waals surface area (Å²) in [6, 6.07) is 10.4. The van der Waals surface area contributed by atoms with Crippen molar-refractivity contribution in [3.63, 3.8) is 0 Å². The van der Waals surface area contributed by atoms with Crippen LogP contribution >= 0.6 is 0 Å². The highest BCUT2D eigenvalue weighted by atomic mass is 32.2. The minimum atomic E-state index is -3.21. The van der Waals surface area contributed by atoms with Crippen LogP contribution in [0.4, 0.5) is 17.2 Å². The summed E-state index contributed by atoms with van der Waals surface area (Å²) in [6.45, 7) is 2.54. The van der Waals surface area contributed by atoms with E-state index in [9.17, 15) is 13.2 Å². The highest BCUT2D eigenvalue weighted by Gasteiger charge is 2.28. The molecule has 2 aromatic rings. The number of amides is 1. The van der Waals surface area contributed by atoms with E-state index in [1.165, 1.54) is 23.6 Å². The highest BCUT2D eigenvalue weighted by Crippen LogP contribution is 2.24. The molecule has 0 aliphatic carbocycles. The number of nitrogens with one attached hydrogen (secondary N) is 1. The summed E-state index contributed by atoms with van der Waals surface area (Å²) in [6.07, 6.45) is 5.95. The minimum absolute atomic E-state index is 0.176. The van der Waals surface area contributed by atoms with Gasteiger partial charge in [-0.15, -0.1) is 0 Å². The number of rotatable bonds is 4. The summed E-state index contributed by atoms with van der Waals surface area (Å²) in [5, 5.41) is 2.84. The number of carbonyl (C=O) groups excluding carboxylic acids is 1. The molecule has 0 unspecified atom stereocenters. The van der Waals surface area contributed by atoms with Crippen LogP contribution in [0.15, 0.2) is 42.6 Å². The first-order chi connectivity index (χ1) is 13.5. The number of aromatic nitrogens is 1. The molecule has 0 bridgehead atoms. The molecule has 7 nitrogen and oxygen atoms in total. The van der Waals surface area contributed by atoms with E-state index in [-0.39, 0.29) is 11.7 Å². The Morgan fingerprint density at radius 2 is 1.68 bits per heavy atom. The maximum Gasteiger partial charge on any atom is 0.255 e. The molecular formula is C20H24N4O3S. The van der Waals surface area contributed by atoms with Gasteiger partial charge in [0.2, 0.25) is 10.0 Å². The second-order valence-electron chi connectivity index (χ2n) is 7.20. The summed E-state index contributed by atoms with van der Waals surface area (Å²) < 4.78 is 25.4. The van der Waals surface area contributed by atoms with Gasteiger partial charge >= 0.3 is 0 Å². The molecule has 28 heavy (non-hydrogen) atoms. The Bertz CT molecular complexity index is 936. The number of nitrogens with zero attached hydrogens (tertiary/aromatic N) is 3. The number of benzene rings is 1. The fourth-order valence-electron chi connectivity index (χ4n) is 3.68. The molecule has 1 amide bonds. The van der Waals surface area contributed by atoms with E-state index in [2.05, 4.69) is 15.2 Å². The lowest BCUT2D eigenvalue weighted by atomic mass is 10.1. The van der Waals surface area contributed by atoms with Gasteiger partial charge in [0.1, 0.15) is 5.82 Å². The first-order valence-corrected chi connectivity index (χ1v) is 11.3. The lowest BCUT2D eigenvalue weighted by molar-refractivity contribution is 0.102. The smallest absolute Gasteiger partial charge is 0.255 e. The van der Waals surface area contributed by atoms with Crippen molar-refractivity contribution < 1.29 is 13.2 Å². The van der Waals surface area contributed by atoms with Gasteiger partial charge in [-0.1, -0.05) is 0 Å². The average molecular weight is 401 g/mol. The fraction of sp³-hybridized carbons (Fsp3) is 0.400. The molecule has 3 heterocycles. The van der Waals surface area contributed by atoms with Crippen molar-refractivity contribution in [3.8, 4) is 0 Å². The third-order valence-electron chi connectivity index (χ3n) is 5.20. The molecule has 2 saturated heterocycles. The highest BCUT2D eigenvalue weighted by molar-refractivity contribution is 7.93. The quantitative estimate of drug-likeness (QED) is 0.853. The largest absolute Gasteiger partial charge is 0.357 e. The van der Waals surface area contributed by atoms with Crippen LogP contribution in [0.5, 0.6) is 0 Å². The lowest BCUT2D eigenvalue weighted by Crippen LogP contribution is -2.30. The minimum Gasteiger partial charge on any atom is -0.357 e. The van der Waals surface area contributed by atoms with Crippen molar-refractivity contribution in [2.75, 3.05) is 39.9 Å². The first kappa shape index (κ1) is 18.7. The fourth-order valence-corrected chi connectivity index (χ4v) is 5.25. The number of carbonyl (C=O) groups is 1. The number of pyridine rings is 1. The molecule has 4 rings (SSSR count). The van der Waals surface area contributed by atoms with Crippen LogP contribution in [0.3, 0.4) is 0 Å². The normalized spacial score (nSPS) is 18.9. The zero-order valence-electron chi connectivity index (χ0n) is 15.7. The Kier molecular flexibility index (Phi) is 5.21. The molecule has 1 aromatic carbocycles. The van der Waals surface area contributed by atoms with Gasteiger partial charge in [0, 0.05) is 25.2 Å². The Hall–Kier alpha value is -2.61. The van der Waals surface area contributed by atoms with Gasteiger partial charge in [0.15, 0.2) is 0 Å². The predicted molar refractivity (Wildman–Crippen MR) is 110 cm³/mol. The van der Waals surface area contributed by atoms with Crippen molar-refractivity contribution >= 4 is 33.1 Å². The Morgan fingerprint density at radius 3 is 2.29 bits per heavy atom. The molecule has 0 saturated carbocycles. The second kappa shape index (κ2) is 7.79. The van der Waals surface area contributed by atoms with Gasteiger partial charge in [-0.05, 0) is 62.1 Å². The van der Waals surface area contributed by atoms with Crippen molar-refractivity contribution in [2.24, 2.45) is 0 Å². The van der Waals surface area contributed by atoms with Crippen LogP contribution in [0.1, 0.15) is 36.0 Å². The van der Waals surface area contributed by atoms with Crippen LogP contribution in [-0.2, 0) is 10.0 Å². The van der Waals surface area contributed by atoms with Crippen LogP contribution in [0.25, 0.3) is 0 Å². The van der Waals surface area contributed by atoms with Gasteiger partial charge in [0.25, 0.3) is 5.91 Å². The zero-order chi connectivity index (χ0) is 19.6. The molecular weight excluding hydrogens is 376 g/mol. The van der Waals surface area contributed by atoms with Crippen molar-refractivity contribution in [3.05, 3.63) is 48.2 Å². The number of hydrogen-bond donors (Lipinski definition) is 1. The van der Waals surface area contributed by atoms with Crippen molar-refractivity contribution in [1.29, 1.82) is 0 Å². The number of piperidine rings is 1. The van der Waals surface area contributed by atoms with Gasteiger partial charge in [-0.2, -0.15) is 0 Å². The van der Waals surface area contributed by atoms with Crippen LogP contribution < -0.4 is 14.5 Å². The maximum atomic E-state index is 12.5. The van der Waals surface area contributed by atoms with Gasteiger partial charge in [-0.3, -0.25) is 9.10 Å². The number of hydrogen-bond acceptors (Lipinski definition) is 5. The van der Waals surface area contributed by atoms with E-state index >= 15 is 0 Å². The predicted octanol–water partition coefficient (Wildman–Crippen LogP) is 2.86. The van der Waals surface area contributed by atoms with E-state index in [0.29, 0.717) is 29.9 Å². The summed E-state index contributed by atoms with van der Waals surface area (Å²) in [7, 11) is -3.21. The van der Waals surface area contributed by atoms with E-state index < -0.39 is 10.0 Å². The molecule has 2 aliphatic rings. The summed E-state index contributed by atoms with van der Waals surface area (Å²) in [5.41, 5.74) is 1.71. The maximum absolute atomic E-state index is 12.5. The number of sulfonamides is 1. The van der Waals surface area contributed by atoms with Crippen molar-refractivity contribution in [2.45, 2.75) is 25.7 Å². The van der Waals surface area contributed by atoms with E-state index in [1.807, 2.05) is 12.1 Å². The van der Waals surface area contributed by atoms with E-state index in [1.54, 1.807) is 30.5 Å². The van der Waals surface area contributed by atoms with E-state index in [0.717, 1.165) is 18.9 Å². The Labute approximate surface area is 165 Å². The third-order valence-corrected chi connectivity index (χ3v) is 7.07. The Morgan fingerprint density at radius 1 is 0.929 bits per heavy atom. The summed E-state index contributed by atoms with van der Waals surface area (Å²) in [5.74, 6) is 0.868. The van der Waals surface area contributed by atoms with Crippen molar-refractivity contribution in [1.82, 2.24) is 4.98 Å². The average Bonchev–Trinajstić information content (AvgIpc) is 3.08. The first-order valence-electron chi connectivity index (χ1n) is 9.66. The van der Waals surface area contributed by atoms with Crippen LogP contribution in [0.2, 0.25) is 0 Å². The lowest BCUT2D eigenvalue weighted by Gasteiger charge is -2.27. The monoisotopic (exact) mass is 400 g/mol. The SMILES string of the molecule is O=C(Nc1ccc(N2CCCCC2)nc1)c1ccc(N2CCCS2(=O)=O)cc1. The van der Waals surface area contributed by atoms with Gasteiger partial charge in [0.05, 0.1) is 23.3 Å². The third kappa shape index (κ3) is 3.96. The van der Waals surface area contributed by atoms with Gasteiger partial charge in [-0.25, -0.2) is 13.4 Å². The molecule has 2 fully saturated rings. The zero-order valence-corrected chi connectivity index (χ0v) is 16.5. The molecule has 148 valence electrons. The van der Waals surface area contributed by atoms with E-state index in [4.69, 9.17) is 0 Å². The topological polar surface area (TPSA) is 82.6 Å².